The fraction of sp³-hybridized carbons (Fsp3) is 0.111. The highest BCUT2D eigenvalue weighted by Crippen LogP contribution is 2.48. The molecule has 2 N–H and O–H groups in total. The molecule has 0 aromatic heterocycles. The highest BCUT2D eigenvalue weighted by Gasteiger charge is 2.32. The average molecular weight is 393 g/mol. The number of rotatable bonds is 3. The maximum absolute atomic E-state index is 13.3. The van der Waals surface area contributed by atoms with Crippen LogP contribution in [0.15, 0.2) is 26.8 Å². The van der Waals surface area contributed by atoms with E-state index in [1.54, 1.807) is 0 Å². The van der Waals surface area contributed by atoms with Crippen molar-refractivity contribution in [3.8, 4) is 0 Å². The van der Waals surface area contributed by atoms with Crippen LogP contribution in [0.3, 0.4) is 0 Å². The summed E-state index contributed by atoms with van der Waals surface area (Å²) in [4.78, 5) is -3.29. The predicted octanol–water partition coefficient (Wildman–Crippen LogP) is 5.96. The molecule has 0 heterocycles. The van der Waals surface area contributed by atoms with E-state index < -0.39 is 70.1 Å². The van der Waals surface area contributed by atoms with Gasteiger partial charge in [0.05, 0.1) is 32.3 Å². The lowest BCUT2D eigenvalue weighted by Crippen LogP contribution is -2.03. The minimum Gasteiger partial charge on any atom is -0.397 e. The smallest absolute Gasteiger partial charge is 0.397 e. The maximum atomic E-state index is 13.3. The first kappa shape index (κ1) is 19.2. The largest absolute Gasteiger partial charge is 0.446 e. The average Bonchev–Trinajstić information content (AvgIpc) is 2.37. The first-order chi connectivity index (χ1) is 9.94. The summed E-state index contributed by atoms with van der Waals surface area (Å²) >= 11 is -0.944. The summed E-state index contributed by atoms with van der Waals surface area (Å²) in [6.45, 7) is 0. The topological polar surface area (TPSA) is 26.0 Å². The van der Waals surface area contributed by atoms with E-state index >= 15 is 0 Å². The minimum absolute atomic E-state index is 0.264. The van der Waals surface area contributed by atoms with Gasteiger partial charge in [0.25, 0.3) is 0 Å². The third-order valence-electron chi connectivity index (χ3n) is 1.97. The molecule has 0 aliphatic heterocycles. The number of anilines is 1. The molecule has 0 saturated heterocycles. The quantitative estimate of drug-likeness (QED) is 0.226. The Labute approximate surface area is 127 Å². The third kappa shape index (κ3) is 4.84. The van der Waals surface area contributed by atoms with Gasteiger partial charge in [0.2, 0.25) is 0 Å². The van der Waals surface area contributed by atoms with Crippen LogP contribution in [0.2, 0.25) is 0 Å². The highest BCUT2D eigenvalue weighted by atomic mass is 32.2. The van der Waals surface area contributed by atoms with E-state index in [0.717, 1.165) is 0 Å². The SMILES string of the molecule is Nc1c(SC(F)(F)F)cc(S(F)=C(F)F)cc1S(F)=C(F)F. The number of hydrogen-bond acceptors (Lipinski definition) is 2. The normalized spacial score (nSPS) is 14.6. The fourth-order valence-electron chi connectivity index (χ4n) is 1.21. The Morgan fingerprint density at radius 1 is 0.955 bits per heavy atom. The standard InChI is InChI=1S/C9H4F9NS3/c10-7(11)21(17)3-1-4(20-9(14,15)16)6(19)5(2-3)22(18)8(12)13/h1-2H,19H2. The second kappa shape index (κ2) is 7.17. The molecule has 0 bridgehead atoms. The van der Waals surface area contributed by atoms with E-state index in [1.807, 2.05) is 0 Å². The van der Waals surface area contributed by atoms with Crippen molar-refractivity contribution in [1.29, 1.82) is 0 Å². The van der Waals surface area contributed by atoms with E-state index in [0.29, 0.717) is 6.07 Å². The molecule has 0 aliphatic rings. The summed E-state index contributed by atoms with van der Waals surface area (Å²) in [5, 5.41) is -5.61. The van der Waals surface area contributed by atoms with E-state index in [9.17, 15) is 38.5 Å². The van der Waals surface area contributed by atoms with E-state index in [-0.39, 0.29) is 6.07 Å². The van der Waals surface area contributed by atoms with Crippen molar-refractivity contribution in [3.05, 3.63) is 12.1 Å². The monoisotopic (exact) mass is 393 g/mol. The van der Waals surface area contributed by atoms with Crippen LogP contribution in [0, 0.1) is 0 Å². The molecular weight excluding hydrogens is 389 g/mol. The summed E-state index contributed by atoms with van der Waals surface area (Å²) in [5.74, 6) is 0. The Morgan fingerprint density at radius 2 is 1.45 bits per heavy atom. The zero-order valence-corrected chi connectivity index (χ0v) is 12.3. The molecule has 1 rings (SSSR count). The lowest BCUT2D eigenvalue weighted by atomic mass is 10.3. The molecule has 22 heavy (non-hydrogen) atoms. The first-order valence-electron chi connectivity index (χ1n) is 4.80. The molecule has 0 radical (unpaired) electrons. The van der Waals surface area contributed by atoms with Gasteiger partial charge in [-0.3, -0.25) is 0 Å². The zero-order valence-electron chi connectivity index (χ0n) is 9.86. The van der Waals surface area contributed by atoms with E-state index in [1.165, 1.54) is 0 Å². The van der Waals surface area contributed by atoms with Crippen LogP contribution in [0.25, 0.3) is 0 Å². The van der Waals surface area contributed by atoms with Crippen molar-refractivity contribution in [2.75, 3.05) is 5.73 Å². The fourth-order valence-corrected chi connectivity index (χ4v) is 3.40. The van der Waals surface area contributed by atoms with Gasteiger partial charge in [-0.25, -0.2) is 0 Å². The Kier molecular flexibility index (Phi) is 6.27. The molecule has 0 fully saturated rings. The summed E-state index contributed by atoms with van der Waals surface area (Å²) in [6.07, 6.45) is 0. The number of thioether (sulfide) groups is 1. The highest BCUT2D eigenvalue weighted by molar-refractivity contribution is 8.12. The molecule has 0 saturated carbocycles. The second-order valence-electron chi connectivity index (χ2n) is 3.35. The van der Waals surface area contributed by atoms with Gasteiger partial charge in [0.15, 0.2) is 0 Å². The number of alkyl halides is 3. The van der Waals surface area contributed by atoms with Crippen LogP contribution < -0.4 is 5.73 Å². The van der Waals surface area contributed by atoms with Gasteiger partial charge in [-0.2, -0.15) is 38.5 Å². The van der Waals surface area contributed by atoms with Gasteiger partial charge in [-0.1, -0.05) is 0 Å². The molecule has 126 valence electrons. The predicted molar refractivity (Wildman–Crippen MR) is 71.1 cm³/mol. The molecule has 2 atom stereocenters. The molecule has 13 heteroatoms. The summed E-state index contributed by atoms with van der Waals surface area (Å²) in [6, 6.07) is 0.590. The zero-order chi connectivity index (χ0) is 17.2. The molecular formula is C9H4F9NS3. The third-order valence-corrected chi connectivity index (χ3v) is 4.68. The van der Waals surface area contributed by atoms with Crippen molar-refractivity contribution < 1.29 is 38.5 Å². The van der Waals surface area contributed by atoms with E-state index in [2.05, 4.69) is 0 Å². The van der Waals surface area contributed by atoms with Crippen molar-refractivity contribution >= 4 is 49.9 Å². The van der Waals surface area contributed by atoms with Gasteiger partial charge < -0.3 is 5.73 Å². The van der Waals surface area contributed by atoms with Crippen LogP contribution in [-0.2, 0) is 0 Å². The molecule has 1 aromatic rings. The Morgan fingerprint density at radius 3 is 1.86 bits per heavy atom. The number of hydrogen-bond donors (Lipinski definition) is 1. The van der Waals surface area contributed by atoms with Crippen LogP contribution >= 0.6 is 33.5 Å². The molecule has 0 spiro atoms. The molecule has 0 amide bonds. The molecule has 1 nitrogen and oxygen atoms in total. The number of nitrogens with two attached hydrogens (primary N) is 1. The van der Waals surface area contributed by atoms with Crippen molar-refractivity contribution in [2.45, 2.75) is 20.2 Å². The van der Waals surface area contributed by atoms with Crippen LogP contribution in [0.1, 0.15) is 0 Å². The Bertz CT molecular complexity index is 644. The van der Waals surface area contributed by atoms with Gasteiger partial charge >= 0.3 is 16.3 Å². The first-order valence-corrected chi connectivity index (χ1v) is 7.87. The molecule has 1 aromatic carbocycles. The number of halogens is 9. The van der Waals surface area contributed by atoms with Gasteiger partial charge in [-0.15, -0.1) is 0 Å². The van der Waals surface area contributed by atoms with E-state index in [4.69, 9.17) is 5.73 Å². The molecule has 0 aliphatic carbocycles. The minimum atomic E-state index is -4.95. The number of benzene rings is 1. The Balaban J connectivity index is 3.65. The summed E-state index contributed by atoms with van der Waals surface area (Å²) < 4.78 is 113. The van der Waals surface area contributed by atoms with Crippen LogP contribution in [-0.4, -0.2) is 16.3 Å². The van der Waals surface area contributed by atoms with Gasteiger partial charge in [-0.05, 0) is 23.9 Å². The van der Waals surface area contributed by atoms with Crippen molar-refractivity contribution in [3.63, 3.8) is 0 Å². The summed E-state index contributed by atoms with van der Waals surface area (Å²) in [7, 11) is -6.96. The lowest BCUT2D eigenvalue weighted by Gasteiger charge is -2.13. The summed E-state index contributed by atoms with van der Waals surface area (Å²) in [5.41, 5.74) is -0.807. The molecule has 2 unspecified atom stereocenters. The Hall–Kier alpha value is -0.820. The second-order valence-corrected chi connectivity index (χ2v) is 7.01. The van der Waals surface area contributed by atoms with Crippen molar-refractivity contribution in [2.24, 2.45) is 0 Å². The van der Waals surface area contributed by atoms with Crippen LogP contribution in [0.4, 0.5) is 44.2 Å². The van der Waals surface area contributed by atoms with Gasteiger partial charge in [0, 0.05) is 9.79 Å². The van der Waals surface area contributed by atoms with Crippen molar-refractivity contribution in [1.82, 2.24) is 0 Å². The lowest BCUT2D eigenvalue weighted by molar-refractivity contribution is -0.0328. The maximum Gasteiger partial charge on any atom is 0.446 e. The van der Waals surface area contributed by atoms with Crippen LogP contribution in [0.5, 0.6) is 0 Å². The van der Waals surface area contributed by atoms with Gasteiger partial charge in [0.1, 0.15) is 0 Å². The number of nitrogen functional groups attached to an aromatic ring is 1.